The highest BCUT2D eigenvalue weighted by molar-refractivity contribution is 5.85. The van der Waals surface area contributed by atoms with Crippen molar-refractivity contribution in [2.45, 2.75) is 150 Å². The lowest BCUT2D eigenvalue weighted by atomic mass is 9.41. The topological polar surface area (TPSA) is 242 Å². The van der Waals surface area contributed by atoms with Gasteiger partial charge in [0.2, 0.25) is 0 Å². The van der Waals surface area contributed by atoms with E-state index in [-0.39, 0.29) is 43.2 Å². The molecule has 7 rings (SSSR count). The largest absolute Gasteiger partial charge is 0.458 e. The molecule has 3 heterocycles. The van der Waals surface area contributed by atoms with Crippen molar-refractivity contribution in [3.05, 3.63) is 11.6 Å². The van der Waals surface area contributed by atoms with Gasteiger partial charge in [-0.1, -0.05) is 6.92 Å². The fraction of sp³-hybridized carbons (Fsp3) is 0.886. The highest BCUT2D eigenvalue weighted by Gasteiger charge is 2.71. The third kappa shape index (κ3) is 5.37. The van der Waals surface area contributed by atoms with Gasteiger partial charge in [0.1, 0.15) is 55.6 Å². The first kappa shape index (κ1) is 36.7. The predicted octanol–water partition coefficient (Wildman–Crippen LogP) is -1.43. The number of aliphatic hydroxyl groups is 8. The van der Waals surface area contributed by atoms with Crippen LogP contribution in [0.5, 0.6) is 0 Å². The molecule has 4 saturated carbocycles. The number of rotatable bonds is 7. The van der Waals surface area contributed by atoms with Crippen LogP contribution < -0.4 is 0 Å². The molecule has 0 bridgehead atoms. The minimum Gasteiger partial charge on any atom is -0.458 e. The van der Waals surface area contributed by atoms with Crippen molar-refractivity contribution in [1.29, 1.82) is 0 Å². The summed E-state index contributed by atoms with van der Waals surface area (Å²) in [5.41, 5.74) is -3.20. The van der Waals surface area contributed by atoms with Crippen molar-refractivity contribution in [2.24, 2.45) is 28.6 Å². The molecule has 6 fully saturated rings. The zero-order chi connectivity index (χ0) is 36.0. The fourth-order valence-electron chi connectivity index (χ4n) is 11.3. The van der Waals surface area contributed by atoms with Crippen molar-refractivity contribution < 1.29 is 74.1 Å². The van der Waals surface area contributed by atoms with E-state index in [1.54, 1.807) is 13.0 Å². The Hall–Kier alpha value is -1.60. The Bertz CT molecular complexity index is 1340. The maximum absolute atomic E-state index is 13.2. The van der Waals surface area contributed by atoms with E-state index in [1.165, 1.54) is 0 Å². The van der Waals surface area contributed by atoms with E-state index in [1.807, 2.05) is 0 Å². The molecule has 282 valence electrons. The number of cyclic esters (lactones) is 1. The molecule has 15 heteroatoms. The molecule has 0 aromatic rings. The molecule has 0 spiro atoms. The normalized spacial score (nSPS) is 55.0. The summed E-state index contributed by atoms with van der Waals surface area (Å²) in [5, 5.41) is 87.0. The van der Waals surface area contributed by atoms with Gasteiger partial charge in [-0.3, -0.25) is 0 Å². The number of carbonyl (C=O) groups excluding carboxylic acids is 2. The SMILES string of the molecule is C[C@H]1OC(O[C@H]2CC[C@]3(C=O)C4CC[C@]5(C)[C@@H](C6=CC(=O)OC6)CC[C@]5(O)C4CC[C@]3(O)C2)[C@H](O)[C@H](O)[C@H]1O[C@@H]1O[C@H](CO)[C@@H](O)[C@H](O)[C@H]1O. The molecule has 4 aliphatic carbocycles. The molecular weight excluding hydrogens is 660 g/mol. The van der Waals surface area contributed by atoms with E-state index < -0.39 is 96.2 Å². The lowest BCUT2D eigenvalue weighted by Crippen LogP contribution is -2.69. The van der Waals surface area contributed by atoms with Crippen LogP contribution in [0.3, 0.4) is 0 Å². The maximum atomic E-state index is 13.2. The second-order valence-electron chi connectivity index (χ2n) is 16.2. The van der Waals surface area contributed by atoms with Gasteiger partial charge < -0.3 is 69.3 Å². The monoisotopic (exact) mass is 712 g/mol. The standard InChI is InChI=1S/C35H52O15/c1-16-29(50-31-27(42)25(40)24(39)22(13-36)49-31)26(41)28(43)30(47-16)48-18-3-8-33(15-37)20-4-7-32(2)19(17-11-23(38)46-14-17)6-10-35(32,45)21(20)5-9-34(33,44)12-18/h11,15-16,18-22,24-31,36,39-45H,3-10,12-14H2,1-2H3/t16-,18+,19-,20?,21?,22-,24-,25+,26+,27-,28-,29+,30?,31+,32-,33+,34+,35+/m1/s1. The van der Waals surface area contributed by atoms with E-state index >= 15 is 0 Å². The number of ether oxygens (including phenoxy) is 5. The zero-order valence-electron chi connectivity index (χ0n) is 28.5. The number of aliphatic hydroxyl groups excluding tert-OH is 6. The van der Waals surface area contributed by atoms with Gasteiger partial charge in [0.15, 0.2) is 12.6 Å². The Morgan fingerprint density at radius 3 is 2.24 bits per heavy atom. The molecule has 3 aliphatic heterocycles. The first-order chi connectivity index (χ1) is 23.6. The van der Waals surface area contributed by atoms with E-state index in [9.17, 15) is 50.4 Å². The minimum absolute atomic E-state index is 0.00102. The summed E-state index contributed by atoms with van der Waals surface area (Å²) in [6.07, 6.45) is -8.63. The first-order valence-electron chi connectivity index (χ1n) is 18.0. The van der Waals surface area contributed by atoms with Gasteiger partial charge >= 0.3 is 5.97 Å². The summed E-state index contributed by atoms with van der Waals surface area (Å²) < 4.78 is 28.4. The minimum atomic E-state index is -1.71. The Morgan fingerprint density at radius 1 is 0.860 bits per heavy atom. The lowest BCUT2D eigenvalue weighted by Gasteiger charge is -2.65. The predicted molar refractivity (Wildman–Crippen MR) is 167 cm³/mol. The molecule has 8 N–H and O–H groups in total. The molecule has 15 nitrogen and oxygen atoms in total. The molecule has 0 radical (unpaired) electrons. The summed E-state index contributed by atoms with van der Waals surface area (Å²) in [4.78, 5) is 25.1. The molecule has 3 unspecified atom stereocenters. The Kier molecular flexibility index (Phi) is 9.60. The van der Waals surface area contributed by atoms with Crippen molar-refractivity contribution in [3.63, 3.8) is 0 Å². The van der Waals surface area contributed by atoms with E-state index in [2.05, 4.69) is 6.92 Å². The Morgan fingerprint density at radius 2 is 1.56 bits per heavy atom. The van der Waals surface area contributed by atoms with Gasteiger partial charge in [0.25, 0.3) is 0 Å². The van der Waals surface area contributed by atoms with Crippen molar-refractivity contribution >= 4 is 12.3 Å². The molecule has 0 aromatic heterocycles. The van der Waals surface area contributed by atoms with Gasteiger partial charge in [-0.2, -0.15) is 0 Å². The molecule has 2 saturated heterocycles. The second-order valence-corrected chi connectivity index (χ2v) is 16.2. The summed E-state index contributed by atoms with van der Waals surface area (Å²) in [7, 11) is 0. The van der Waals surface area contributed by atoms with Crippen LogP contribution in [0.15, 0.2) is 11.6 Å². The average Bonchev–Trinajstić information content (AvgIpc) is 3.64. The number of fused-ring (bicyclic) bond motifs is 5. The molecular formula is C35H52O15. The number of hydrogen-bond acceptors (Lipinski definition) is 15. The quantitative estimate of drug-likeness (QED) is 0.0858. The lowest BCUT2D eigenvalue weighted by molar-refractivity contribution is -0.361. The maximum Gasteiger partial charge on any atom is 0.331 e. The number of aldehydes is 1. The molecule has 18 atom stereocenters. The number of hydrogen-bond donors (Lipinski definition) is 8. The highest BCUT2D eigenvalue weighted by Crippen LogP contribution is 2.70. The van der Waals surface area contributed by atoms with Gasteiger partial charge in [-0.25, -0.2) is 4.79 Å². The van der Waals surface area contributed by atoms with Gasteiger partial charge in [0.05, 0.1) is 35.4 Å². The van der Waals surface area contributed by atoms with E-state index in [4.69, 9.17) is 23.7 Å². The summed E-state index contributed by atoms with van der Waals surface area (Å²) in [6, 6.07) is 0. The summed E-state index contributed by atoms with van der Waals surface area (Å²) >= 11 is 0. The van der Waals surface area contributed by atoms with Gasteiger partial charge in [0, 0.05) is 17.9 Å². The van der Waals surface area contributed by atoms with Crippen molar-refractivity contribution in [2.75, 3.05) is 13.2 Å². The van der Waals surface area contributed by atoms with Crippen molar-refractivity contribution in [1.82, 2.24) is 0 Å². The zero-order valence-corrected chi connectivity index (χ0v) is 28.5. The van der Waals surface area contributed by atoms with Crippen LogP contribution in [0, 0.1) is 28.6 Å². The molecule has 0 amide bonds. The van der Waals surface area contributed by atoms with Crippen LogP contribution in [0.25, 0.3) is 0 Å². The molecule has 7 aliphatic rings. The third-order valence-corrected chi connectivity index (χ3v) is 14.1. The average molecular weight is 713 g/mol. The Balaban J connectivity index is 1.02. The van der Waals surface area contributed by atoms with Crippen LogP contribution in [0.1, 0.15) is 71.6 Å². The van der Waals surface area contributed by atoms with E-state index in [0.29, 0.717) is 38.5 Å². The first-order valence-corrected chi connectivity index (χ1v) is 18.0. The van der Waals surface area contributed by atoms with Crippen LogP contribution in [-0.2, 0) is 33.3 Å². The van der Waals surface area contributed by atoms with E-state index in [0.717, 1.165) is 18.3 Å². The van der Waals surface area contributed by atoms with Crippen LogP contribution >= 0.6 is 0 Å². The fourth-order valence-corrected chi connectivity index (χ4v) is 11.3. The molecule has 50 heavy (non-hydrogen) atoms. The summed E-state index contributed by atoms with van der Waals surface area (Å²) in [6.45, 7) is 3.22. The highest BCUT2D eigenvalue weighted by atomic mass is 16.7. The second kappa shape index (κ2) is 13.1. The third-order valence-electron chi connectivity index (χ3n) is 14.1. The number of carbonyl (C=O) groups is 2. The van der Waals surface area contributed by atoms with Crippen LogP contribution in [-0.4, -0.2) is 145 Å². The Labute approximate surface area is 290 Å². The van der Waals surface area contributed by atoms with Crippen LogP contribution in [0.2, 0.25) is 0 Å². The summed E-state index contributed by atoms with van der Waals surface area (Å²) in [5.74, 6) is -0.830. The van der Waals surface area contributed by atoms with Gasteiger partial charge in [-0.05, 0) is 81.6 Å². The molecule has 0 aromatic carbocycles. The number of esters is 1. The van der Waals surface area contributed by atoms with Crippen LogP contribution in [0.4, 0.5) is 0 Å². The smallest absolute Gasteiger partial charge is 0.331 e. The van der Waals surface area contributed by atoms with Crippen molar-refractivity contribution in [3.8, 4) is 0 Å². The van der Waals surface area contributed by atoms with Gasteiger partial charge in [-0.15, -0.1) is 0 Å².